The van der Waals surface area contributed by atoms with Crippen molar-refractivity contribution in [1.82, 2.24) is 4.98 Å². The number of aliphatic hydroxyl groups is 1. The Hall–Kier alpha value is -1.87. The lowest BCUT2D eigenvalue weighted by atomic mass is 10.1. The van der Waals surface area contributed by atoms with Crippen molar-refractivity contribution >= 4 is 16.7 Å². The minimum Gasteiger partial charge on any atom is -0.392 e. The first kappa shape index (κ1) is 13.6. The van der Waals surface area contributed by atoms with E-state index in [-0.39, 0.29) is 6.61 Å². The van der Waals surface area contributed by atoms with Crippen LogP contribution in [0.1, 0.15) is 18.4 Å². The molecule has 0 amide bonds. The summed E-state index contributed by atoms with van der Waals surface area (Å²) in [6.45, 7) is 4.70. The lowest BCUT2D eigenvalue weighted by molar-refractivity contribution is 0.283. The summed E-state index contributed by atoms with van der Waals surface area (Å²) < 4.78 is 0. The molecular weight excluding hydrogens is 236 g/mol. The van der Waals surface area contributed by atoms with Gasteiger partial charge in [0, 0.05) is 19.0 Å². The van der Waals surface area contributed by atoms with Crippen LogP contribution in [0.15, 0.2) is 43.0 Å². The van der Waals surface area contributed by atoms with Crippen LogP contribution < -0.4 is 4.90 Å². The molecule has 100 valence electrons. The van der Waals surface area contributed by atoms with Crippen LogP contribution in [-0.2, 0) is 6.61 Å². The van der Waals surface area contributed by atoms with E-state index >= 15 is 0 Å². The molecule has 0 aliphatic heterocycles. The second-order valence-electron chi connectivity index (χ2n) is 4.67. The number of rotatable bonds is 6. The predicted octanol–water partition coefficient (Wildman–Crippen LogP) is 3.13. The van der Waals surface area contributed by atoms with Crippen LogP contribution in [-0.4, -0.2) is 23.7 Å². The third-order valence-corrected chi connectivity index (χ3v) is 3.25. The summed E-state index contributed by atoms with van der Waals surface area (Å²) in [6.07, 6.45) is 3.99. The van der Waals surface area contributed by atoms with Crippen LogP contribution in [0.2, 0.25) is 0 Å². The molecule has 3 nitrogen and oxygen atoms in total. The summed E-state index contributed by atoms with van der Waals surface area (Å²) in [6, 6.07) is 9.88. The zero-order valence-electron chi connectivity index (χ0n) is 11.3. The lowest BCUT2D eigenvalue weighted by Gasteiger charge is -2.19. The number of fused-ring (bicyclic) bond motifs is 1. The molecule has 0 unspecified atom stereocenters. The van der Waals surface area contributed by atoms with Crippen molar-refractivity contribution in [3.8, 4) is 0 Å². The van der Waals surface area contributed by atoms with Crippen LogP contribution in [0.3, 0.4) is 0 Å². The van der Waals surface area contributed by atoms with Crippen LogP contribution in [0.25, 0.3) is 10.9 Å². The molecule has 0 spiro atoms. The molecule has 19 heavy (non-hydrogen) atoms. The van der Waals surface area contributed by atoms with Crippen molar-refractivity contribution in [2.75, 3.05) is 18.5 Å². The van der Waals surface area contributed by atoms with Crippen molar-refractivity contribution in [3.63, 3.8) is 0 Å². The zero-order chi connectivity index (χ0) is 13.7. The third kappa shape index (κ3) is 3.12. The first-order valence-electron chi connectivity index (χ1n) is 6.58. The topological polar surface area (TPSA) is 36.4 Å². The fourth-order valence-electron chi connectivity index (χ4n) is 2.15. The van der Waals surface area contributed by atoms with E-state index in [9.17, 15) is 5.11 Å². The summed E-state index contributed by atoms with van der Waals surface area (Å²) in [5.74, 6) is 0.909. The zero-order valence-corrected chi connectivity index (χ0v) is 11.3. The maximum atomic E-state index is 9.50. The Morgan fingerprint density at radius 1 is 1.37 bits per heavy atom. The van der Waals surface area contributed by atoms with Crippen LogP contribution in [0.4, 0.5) is 5.82 Å². The Balaban J connectivity index is 2.30. The van der Waals surface area contributed by atoms with E-state index in [0.29, 0.717) is 0 Å². The molecular formula is C16H20N2O. The van der Waals surface area contributed by atoms with Gasteiger partial charge in [0.2, 0.25) is 0 Å². The van der Waals surface area contributed by atoms with E-state index in [1.165, 1.54) is 0 Å². The van der Waals surface area contributed by atoms with E-state index in [0.717, 1.165) is 41.7 Å². The van der Waals surface area contributed by atoms with Gasteiger partial charge in [-0.2, -0.15) is 0 Å². The first-order chi connectivity index (χ1) is 9.26. The van der Waals surface area contributed by atoms with Crippen molar-refractivity contribution in [2.45, 2.75) is 19.4 Å². The fraction of sp³-hybridized carbons (Fsp3) is 0.312. The molecule has 1 N–H and O–H groups in total. The Kier molecular flexibility index (Phi) is 4.53. The predicted molar refractivity (Wildman–Crippen MR) is 80.4 cm³/mol. The molecule has 0 saturated carbocycles. The summed E-state index contributed by atoms with van der Waals surface area (Å²) >= 11 is 0. The van der Waals surface area contributed by atoms with E-state index in [4.69, 9.17) is 0 Å². The molecule has 0 fully saturated rings. The molecule has 1 heterocycles. The number of benzene rings is 1. The molecule has 2 aromatic rings. The Morgan fingerprint density at radius 3 is 2.89 bits per heavy atom. The number of allylic oxidation sites excluding steroid dienone is 1. The molecule has 0 radical (unpaired) electrons. The maximum Gasteiger partial charge on any atom is 0.129 e. The summed E-state index contributed by atoms with van der Waals surface area (Å²) in [5, 5.41) is 10.5. The molecule has 1 aromatic heterocycles. The SMILES string of the molecule is C=CCCCN(C)c1cc(CO)c2ccccc2n1. The molecule has 0 bridgehead atoms. The quantitative estimate of drug-likeness (QED) is 0.637. The van der Waals surface area contributed by atoms with Gasteiger partial charge in [-0.3, -0.25) is 0 Å². The van der Waals surface area contributed by atoms with Gasteiger partial charge in [-0.15, -0.1) is 6.58 Å². The van der Waals surface area contributed by atoms with E-state index < -0.39 is 0 Å². The number of aromatic nitrogens is 1. The van der Waals surface area contributed by atoms with Gasteiger partial charge >= 0.3 is 0 Å². The fourth-order valence-corrected chi connectivity index (χ4v) is 2.15. The van der Waals surface area contributed by atoms with E-state index in [1.54, 1.807) is 0 Å². The van der Waals surface area contributed by atoms with E-state index in [2.05, 4.69) is 16.5 Å². The molecule has 0 saturated heterocycles. The normalized spacial score (nSPS) is 10.6. The van der Waals surface area contributed by atoms with Gasteiger partial charge in [-0.1, -0.05) is 24.3 Å². The maximum absolute atomic E-state index is 9.50. The van der Waals surface area contributed by atoms with Crippen LogP contribution >= 0.6 is 0 Å². The Labute approximate surface area is 114 Å². The second-order valence-corrected chi connectivity index (χ2v) is 4.67. The number of anilines is 1. The number of aliphatic hydroxyl groups excluding tert-OH is 1. The minimum absolute atomic E-state index is 0.0382. The van der Waals surface area contributed by atoms with Crippen molar-refractivity contribution in [1.29, 1.82) is 0 Å². The number of hydrogen-bond donors (Lipinski definition) is 1. The molecule has 1 aromatic carbocycles. The van der Waals surface area contributed by atoms with Gasteiger partial charge in [-0.05, 0) is 30.5 Å². The van der Waals surface area contributed by atoms with Gasteiger partial charge in [0.1, 0.15) is 5.82 Å². The standard InChI is InChI=1S/C16H20N2O/c1-3-4-7-10-18(2)16-11-13(12-19)14-8-5-6-9-15(14)17-16/h3,5-6,8-9,11,19H,1,4,7,10,12H2,2H3. The number of pyridine rings is 1. The van der Waals surface area contributed by atoms with Crippen molar-refractivity contribution < 1.29 is 5.11 Å². The molecule has 0 atom stereocenters. The molecule has 3 heteroatoms. The minimum atomic E-state index is 0.0382. The Bertz CT molecular complexity index is 566. The molecule has 2 rings (SSSR count). The smallest absolute Gasteiger partial charge is 0.129 e. The van der Waals surface area contributed by atoms with Crippen LogP contribution in [0.5, 0.6) is 0 Å². The van der Waals surface area contributed by atoms with Gasteiger partial charge < -0.3 is 10.0 Å². The average Bonchev–Trinajstić information content (AvgIpc) is 2.46. The number of nitrogens with zero attached hydrogens (tertiary/aromatic N) is 2. The highest BCUT2D eigenvalue weighted by molar-refractivity contribution is 5.84. The average molecular weight is 256 g/mol. The highest BCUT2D eigenvalue weighted by Gasteiger charge is 2.07. The second kappa shape index (κ2) is 6.34. The molecule has 0 aliphatic rings. The van der Waals surface area contributed by atoms with Crippen LogP contribution in [0, 0.1) is 0 Å². The van der Waals surface area contributed by atoms with Gasteiger partial charge in [0.05, 0.1) is 12.1 Å². The monoisotopic (exact) mass is 256 g/mol. The van der Waals surface area contributed by atoms with Crippen molar-refractivity contribution in [3.05, 3.63) is 48.6 Å². The number of para-hydroxylation sites is 1. The highest BCUT2D eigenvalue weighted by atomic mass is 16.3. The third-order valence-electron chi connectivity index (χ3n) is 3.25. The number of hydrogen-bond acceptors (Lipinski definition) is 3. The lowest BCUT2D eigenvalue weighted by Crippen LogP contribution is -2.19. The van der Waals surface area contributed by atoms with Gasteiger partial charge in [-0.25, -0.2) is 4.98 Å². The van der Waals surface area contributed by atoms with Gasteiger partial charge in [0.15, 0.2) is 0 Å². The summed E-state index contributed by atoms with van der Waals surface area (Å²) in [7, 11) is 2.03. The molecule has 0 aliphatic carbocycles. The van der Waals surface area contributed by atoms with Crippen molar-refractivity contribution in [2.24, 2.45) is 0 Å². The highest BCUT2D eigenvalue weighted by Crippen LogP contribution is 2.22. The number of unbranched alkanes of at least 4 members (excludes halogenated alkanes) is 1. The largest absolute Gasteiger partial charge is 0.392 e. The summed E-state index contributed by atoms with van der Waals surface area (Å²) in [4.78, 5) is 6.77. The first-order valence-corrected chi connectivity index (χ1v) is 6.58. The Morgan fingerprint density at radius 2 is 2.16 bits per heavy atom. The van der Waals surface area contributed by atoms with E-state index in [1.807, 2.05) is 43.5 Å². The summed E-state index contributed by atoms with van der Waals surface area (Å²) in [5.41, 5.74) is 1.86. The van der Waals surface area contributed by atoms with Gasteiger partial charge in [0.25, 0.3) is 0 Å².